The van der Waals surface area contributed by atoms with E-state index in [9.17, 15) is 0 Å². The first-order chi connectivity index (χ1) is 10.4. The number of aromatic nitrogens is 6. The highest BCUT2D eigenvalue weighted by Crippen LogP contribution is 2.38. The maximum absolute atomic E-state index is 5.25. The molecule has 1 N–H and O–H groups in total. The second-order valence-corrected chi connectivity index (χ2v) is 5.99. The summed E-state index contributed by atoms with van der Waals surface area (Å²) < 4.78 is 7.04. The maximum Gasteiger partial charge on any atom is 0.237 e. The highest BCUT2D eigenvalue weighted by atomic mass is 32.2. The van der Waals surface area contributed by atoms with E-state index in [1.54, 1.807) is 4.68 Å². The lowest BCUT2D eigenvalue weighted by Gasteiger charge is -2.04. The second-order valence-electron chi connectivity index (χ2n) is 5.04. The van der Waals surface area contributed by atoms with Crippen LogP contribution in [0.25, 0.3) is 0 Å². The van der Waals surface area contributed by atoms with Crippen molar-refractivity contribution in [2.24, 2.45) is 0 Å². The zero-order chi connectivity index (χ0) is 14.5. The van der Waals surface area contributed by atoms with Gasteiger partial charge in [-0.25, -0.2) is 4.68 Å². The molecule has 0 saturated heterocycles. The Morgan fingerprint density at radius 2 is 2.29 bits per heavy atom. The number of hydrogen-bond acceptors (Lipinski definition) is 8. The third-order valence-electron chi connectivity index (χ3n) is 3.18. The molecule has 0 atom stereocenters. The van der Waals surface area contributed by atoms with Crippen LogP contribution in [0.4, 0.5) is 0 Å². The van der Waals surface area contributed by atoms with E-state index in [2.05, 4.69) is 37.9 Å². The summed E-state index contributed by atoms with van der Waals surface area (Å²) >= 11 is 1.52. The number of hydrogen-bond donors (Lipinski definition) is 1. The lowest BCUT2D eigenvalue weighted by atomic mass is 10.4. The van der Waals surface area contributed by atoms with Gasteiger partial charge in [0.2, 0.25) is 11.0 Å². The number of nitrogens with zero attached hydrogens (tertiary/aromatic N) is 6. The van der Waals surface area contributed by atoms with E-state index in [-0.39, 0.29) is 0 Å². The van der Waals surface area contributed by atoms with E-state index in [0.29, 0.717) is 17.6 Å². The topological polar surface area (TPSA) is 94.6 Å². The van der Waals surface area contributed by atoms with Gasteiger partial charge in [-0.1, -0.05) is 23.8 Å². The van der Waals surface area contributed by atoms with E-state index in [0.717, 1.165) is 37.0 Å². The molecule has 9 heteroatoms. The number of tetrazole rings is 1. The summed E-state index contributed by atoms with van der Waals surface area (Å²) in [6.07, 6.45) is 3.47. The van der Waals surface area contributed by atoms with Crippen LogP contribution in [0.2, 0.25) is 0 Å². The van der Waals surface area contributed by atoms with Gasteiger partial charge in [-0.2, -0.15) is 4.98 Å². The molecule has 1 saturated carbocycles. The van der Waals surface area contributed by atoms with Gasteiger partial charge in [0.25, 0.3) is 0 Å². The molecule has 8 nitrogen and oxygen atoms in total. The molecule has 1 fully saturated rings. The third kappa shape index (κ3) is 4.01. The standard InChI is InChI=1S/C12H19N7OS/c1-2-5-13-6-7-19-12(15-17-18-19)21-8-10-14-11(16-20-10)9-3-4-9/h9,13H,2-8H2,1H3. The first-order valence-electron chi connectivity index (χ1n) is 7.29. The normalized spacial score (nSPS) is 14.7. The van der Waals surface area contributed by atoms with Crippen molar-refractivity contribution in [2.45, 2.75) is 49.6 Å². The first kappa shape index (κ1) is 14.5. The summed E-state index contributed by atoms with van der Waals surface area (Å²) in [6.45, 7) is 4.77. The average Bonchev–Trinajstić information content (AvgIpc) is 3.08. The van der Waals surface area contributed by atoms with Crippen molar-refractivity contribution in [1.29, 1.82) is 0 Å². The van der Waals surface area contributed by atoms with E-state index in [1.807, 2.05) is 0 Å². The summed E-state index contributed by atoms with van der Waals surface area (Å²) in [7, 11) is 0. The molecule has 21 heavy (non-hydrogen) atoms. The zero-order valence-corrected chi connectivity index (χ0v) is 12.8. The predicted octanol–water partition coefficient (Wildman–Crippen LogP) is 1.23. The Labute approximate surface area is 127 Å². The Bertz CT molecular complexity index is 565. The zero-order valence-electron chi connectivity index (χ0n) is 12.0. The van der Waals surface area contributed by atoms with Crippen LogP contribution in [0.3, 0.4) is 0 Å². The summed E-state index contributed by atoms with van der Waals surface area (Å²) in [6, 6.07) is 0. The Kier molecular flexibility index (Phi) is 4.81. The molecule has 114 valence electrons. The molecule has 0 radical (unpaired) electrons. The van der Waals surface area contributed by atoms with Gasteiger partial charge in [-0.15, -0.1) is 5.10 Å². The Hall–Kier alpha value is -1.48. The van der Waals surface area contributed by atoms with Crippen LogP contribution in [-0.4, -0.2) is 43.4 Å². The number of rotatable bonds is 9. The highest BCUT2D eigenvalue weighted by Gasteiger charge is 2.28. The molecule has 0 bridgehead atoms. The molecule has 0 spiro atoms. The van der Waals surface area contributed by atoms with Crippen molar-refractivity contribution in [1.82, 2.24) is 35.7 Å². The van der Waals surface area contributed by atoms with Crippen molar-refractivity contribution >= 4 is 11.8 Å². The summed E-state index contributed by atoms with van der Waals surface area (Å²) in [5, 5.41) is 19.9. The predicted molar refractivity (Wildman–Crippen MR) is 76.8 cm³/mol. The molecule has 1 aliphatic rings. The van der Waals surface area contributed by atoms with Crippen LogP contribution in [-0.2, 0) is 12.3 Å². The molecule has 1 aliphatic carbocycles. The van der Waals surface area contributed by atoms with Crippen LogP contribution in [0.1, 0.15) is 43.8 Å². The first-order valence-corrected chi connectivity index (χ1v) is 8.27. The van der Waals surface area contributed by atoms with Gasteiger partial charge in [0.15, 0.2) is 5.82 Å². The minimum Gasteiger partial charge on any atom is -0.338 e. The fourth-order valence-electron chi connectivity index (χ4n) is 1.89. The Morgan fingerprint density at radius 1 is 1.38 bits per heavy atom. The van der Waals surface area contributed by atoms with E-state index < -0.39 is 0 Å². The largest absolute Gasteiger partial charge is 0.338 e. The number of thioether (sulfide) groups is 1. The molecule has 0 aromatic carbocycles. The molecule has 2 aromatic heterocycles. The van der Waals surface area contributed by atoms with E-state index in [4.69, 9.17) is 4.52 Å². The Morgan fingerprint density at radius 3 is 3.10 bits per heavy atom. The van der Waals surface area contributed by atoms with Gasteiger partial charge < -0.3 is 9.84 Å². The fraction of sp³-hybridized carbons (Fsp3) is 0.750. The van der Waals surface area contributed by atoms with Crippen molar-refractivity contribution in [3.63, 3.8) is 0 Å². The van der Waals surface area contributed by atoms with Crippen LogP contribution in [0, 0.1) is 0 Å². The molecular weight excluding hydrogens is 290 g/mol. The van der Waals surface area contributed by atoms with Crippen molar-refractivity contribution in [3.05, 3.63) is 11.7 Å². The van der Waals surface area contributed by atoms with Crippen molar-refractivity contribution in [2.75, 3.05) is 13.1 Å². The van der Waals surface area contributed by atoms with Crippen LogP contribution in [0.5, 0.6) is 0 Å². The lowest BCUT2D eigenvalue weighted by molar-refractivity contribution is 0.385. The van der Waals surface area contributed by atoms with Crippen LogP contribution in [0.15, 0.2) is 9.68 Å². The second kappa shape index (κ2) is 6.99. The average molecular weight is 309 g/mol. The molecule has 2 aromatic rings. The minimum absolute atomic E-state index is 0.516. The van der Waals surface area contributed by atoms with Gasteiger partial charge >= 0.3 is 0 Å². The van der Waals surface area contributed by atoms with Crippen LogP contribution < -0.4 is 5.32 Å². The van der Waals surface area contributed by atoms with Gasteiger partial charge in [0.05, 0.1) is 12.3 Å². The molecule has 2 heterocycles. The molecule has 0 unspecified atom stereocenters. The monoisotopic (exact) mass is 309 g/mol. The van der Waals surface area contributed by atoms with E-state index >= 15 is 0 Å². The smallest absolute Gasteiger partial charge is 0.237 e. The minimum atomic E-state index is 0.516. The summed E-state index contributed by atoms with van der Waals surface area (Å²) in [4.78, 5) is 4.40. The van der Waals surface area contributed by atoms with Crippen LogP contribution >= 0.6 is 11.8 Å². The fourth-order valence-corrected chi connectivity index (χ4v) is 2.63. The highest BCUT2D eigenvalue weighted by molar-refractivity contribution is 7.98. The van der Waals surface area contributed by atoms with Gasteiger partial charge in [-0.3, -0.25) is 0 Å². The van der Waals surface area contributed by atoms with Crippen molar-refractivity contribution in [3.8, 4) is 0 Å². The molecular formula is C12H19N7OS. The molecule has 0 amide bonds. The van der Waals surface area contributed by atoms with E-state index in [1.165, 1.54) is 24.6 Å². The summed E-state index contributed by atoms with van der Waals surface area (Å²) in [5.41, 5.74) is 0. The lowest BCUT2D eigenvalue weighted by Crippen LogP contribution is -2.21. The maximum atomic E-state index is 5.25. The van der Waals surface area contributed by atoms with Gasteiger partial charge in [0, 0.05) is 12.5 Å². The molecule has 0 aliphatic heterocycles. The SMILES string of the molecule is CCCNCCn1nnnc1SCc1nc(C2CC2)no1. The van der Waals surface area contributed by atoms with Gasteiger partial charge in [-0.05, 0) is 36.2 Å². The molecule has 3 rings (SSSR count). The van der Waals surface area contributed by atoms with Crippen molar-refractivity contribution < 1.29 is 4.52 Å². The quantitative estimate of drug-likeness (QED) is 0.546. The number of nitrogens with one attached hydrogen (secondary N) is 1. The van der Waals surface area contributed by atoms with Gasteiger partial charge in [0.1, 0.15) is 0 Å². The third-order valence-corrected chi connectivity index (χ3v) is 4.12. The Balaban J connectivity index is 1.48. The summed E-state index contributed by atoms with van der Waals surface area (Å²) in [5.74, 6) is 2.60.